The molecular formula is C18H28N4O. The van der Waals surface area contributed by atoms with E-state index in [4.69, 9.17) is 0 Å². The van der Waals surface area contributed by atoms with Gasteiger partial charge in [-0.2, -0.15) is 0 Å². The first kappa shape index (κ1) is 17.3. The Bertz CT molecular complexity index is 536. The van der Waals surface area contributed by atoms with E-state index in [1.165, 1.54) is 5.56 Å². The number of nitrogens with zero attached hydrogens (tertiary/aromatic N) is 2. The minimum Gasteiger partial charge on any atom is -0.356 e. The first-order valence-corrected chi connectivity index (χ1v) is 8.44. The maximum atomic E-state index is 11.9. The van der Waals surface area contributed by atoms with Crippen LogP contribution in [-0.4, -0.2) is 32.0 Å². The summed E-state index contributed by atoms with van der Waals surface area (Å²) in [5, 5.41) is 6.60. The Hall–Kier alpha value is -2.04. The van der Waals surface area contributed by atoms with Gasteiger partial charge >= 0.3 is 0 Å². The molecule has 0 aromatic heterocycles. The zero-order valence-electron chi connectivity index (χ0n) is 14.4. The summed E-state index contributed by atoms with van der Waals surface area (Å²) in [5.41, 5.74) is 2.17. The Morgan fingerprint density at radius 1 is 1.22 bits per heavy atom. The second kappa shape index (κ2) is 8.56. The molecule has 1 aliphatic heterocycles. The Balaban J connectivity index is 1.88. The van der Waals surface area contributed by atoms with Crippen molar-refractivity contribution >= 4 is 17.6 Å². The van der Waals surface area contributed by atoms with Crippen LogP contribution in [0.15, 0.2) is 29.3 Å². The number of nitrogens with one attached hydrogen (secondary N) is 2. The smallest absolute Gasteiger partial charge is 0.226 e. The Morgan fingerprint density at radius 2 is 1.96 bits per heavy atom. The predicted molar refractivity (Wildman–Crippen MR) is 95.7 cm³/mol. The zero-order valence-corrected chi connectivity index (χ0v) is 14.4. The van der Waals surface area contributed by atoms with Gasteiger partial charge in [0, 0.05) is 38.8 Å². The highest BCUT2D eigenvalue weighted by molar-refractivity contribution is 5.93. The van der Waals surface area contributed by atoms with Crippen LogP contribution < -0.4 is 15.5 Å². The summed E-state index contributed by atoms with van der Waals surface area (Å²) in [7, 11) is 1.78. The number of anilines is 1. The molecule has 0 spiro atoms. The molecule has 0 radical (unpaired) electrons. The lowest BCUT2D eigenvalue weighted by atomic mass is 10.1. The number of aliphatic imine (C=N–C) groups is 1. The average Bonchev–Trinajstić information content (AvgIpc) is 2.56. The number of rotatable bonds is 5. The van der Waals surface area contributed by atoms with Crippen LogP contribution in [0.2, 0.25) is 0 Å². The standard InChI is InChI=1S/C18H28N4O/c1-14(2)12-20-18(19-3)21-13-15-7-9-16(10-8-15)22-11-5-4-6-17(22)23/h7-10,14H,4-6,11-13H2,1-3H3,(H2,19,20,21). The summed E-state index contributed by atoms with van der Waals surface area (Å²) in [6, 6.07) is 8.20. The van der Waals surface area contributed by atoms with Crippen molar-refractivity contribution in [3.05, 3.63) is 29.8 Å². The summed E-state index contributed by atoms with van der Waals surface area (Å²) in [5.74, 6) is 1.63. The van der Waals surface area contributed by atoms with Crippen molar-refractivity contribution < 1.29 is 4.79 Å². The molecule has 1 amide bonds. The van der Waals surface area contributed by atoms with Crippen molar-refractivity contribution in [2.75, 3.05) is 25.0 Å². The van der Waals surface area contributed by atoms with Gasteiger partial charge in [-0.15, -0.1) is 0 Å². The molecule has 2 N–H and O–H groups in total. The lowest BCUT2D eigenvalue weighted by Gasteiger charge is -2.26. The van der Waals surface area contributed by atoms with E-state index in [9.17, 15) is 4.79 Å². The first-order valence-electron chi connectivity index (χ1n) is 8.44. The summed E-state index contributed by atoms with van der Waals surface area (Å²) in [6.07, 6.45) is 2.77. The predicted octanol–water partition coefficient (Wildman–Crippen LogP) is 2.52. The third-order valence-corrected chi connectivity index (χ3v) is 3.93. The maximum Gasteiger partial charge on any atom is 0.226 e. The number of hydrogen-bond donors (Lipinski definition) is 2. The number of amides is 1. The van der Waals surface area contributed by atoms with Crippen LogP contribution in [0.4, 0.5) is 5.69 Å². The van der Waals surface area contributed by atoms with Gasteiger partial charge < -0.3 is 15.5 Å². The minimum atomic E-state index is 0.236. The molecule has 0 unspecified atom stereocenters. The Morgan fingerprint density at radius 3 is 2.57 bits per heavy atom. The van der Waals surface area contributed by atoms with Gasteiger partial charge in [0.1, 0.15) is 0 Å². The monoisotopic (exact) mass is 316 g/mol. The van der Waals surface area contributed by atoms with Gasteiger partial charge in [0.25, 0.3) is 0 Å². The molecule has 0 bridgehead atoms. The fourth-order valence-corrected chi connectivity index (χ4v) is 2.58. The van der Waals surface area contributed by atoms with Crippen molar-refractivity contribution in [1.82, 2.24) is 10.6 Å². The summed E-state index contributed by atoms with van der Waals surface area (Å²) < 4.78 is 0. The van der Waals surface area contributed by atoms with Crippen molar-refractivity contribution in [3.8, 4) is 0 Å². The van der Waals surface area contributed by atoms with Crippen LogP contribution in [-0.2, 0) is 11.3 Å². The van der Waals surface area contributed by atoms with Crippen molar-refractivity contribution in [2.45, 2.75) is 39.7 Å². The highest BCUT2D eigenvalue weighted by atomic mass is 16.2. The fourth-order valence-electron chi connectivity index (χ4n) is 2.58. The Labute approximate surface area is 139 Å². The molecule has 1 aromatic rings. The third-order valence-electron chi connectivity index (χ3n) is 3.93. The number of carbonyl (C=O) groups excluding carboxylic acids is 1. The zero-order chi connectivity index (χ0) is 16.7. The van der Waals surface area contributed by atoms with Crippen LogP contribution >= 0.6 is 0 Å². The second-order valence-electron chi connectivity index (χ2n) is 6.37. The van der Waals surface area contributed by atoms with Crippen molar-refractivity contribution in [2.24, 2.45) is 10.9 Å². The second-order valence-corrected chi connectivity index (χ2v) is 6.37. The van der Waals surface area contributed by atoms with Gasteiger partial charge in [0.2, 0.25) is 5.91 Å². The van der Waals surface area contributed by atoms with Gasteiger partial charge in [-0.05, 0) is 36.5 Å². The lowest BCUT2D eigenvalue weighted by Crippen LogP contribution is -2.38. The Kier molecular flexibility index (Phi) is 6.44. The molecule has 0 saturated carbocycles. The number of carbonyl (C=O) groups is 1. The van der Waals surface area contributed by atoms with Crippen LogP contribution in [0.1, 0.15) is 38.7 Å². The quantitative estimate of drug-likeness (QED) is 0.648. The third kappa shape index (κ3) is 5.27. The molecule has 1 fully saturated rings. The molecule has 5 heteroatoms. The number of piperidine rings is 1. The van der Waals surface area contributed by atoms with Gasteiger partial charge in [-0.3, -0.25) is 9.79 Å². The number of benzene rings is 1. The molecule has 1 saturated heterocycles. The normalized spacial score (nSPS) is 15.9. The van der Waals surface area contributed by atoms with Gasteiger partial charge in [-0.1, -0.05) is 26.0 Å². The van der Waals surface area contributed by atoms with Gasteiger partial charge in [-0.25, -0.2) is 0 Å². The van der Waals surface area contributed by atoms with Crippen molar-refractivity contribution in [3.63, 3.8) is 0 Å². The maximum absolute atomic E-state index is 11.9. The molecule has 23 heavy (non-hydrogen) atoms. The van der Waals surface area contributed by atoms with Gasteiger partial charge in [0.15, 0.2) is 5.96 Å². The minimum absolute atomic E-state index is 0.236. The molecule has 2 rings (SSSR count). The highest BCUT2D eigenvalue weighted by Crippen LogP contribution is 2.21. The molecule has 1 heterocycles. The summed E-state index contributed by atoms with van der Waals surface area (Å²) >= 11 is 0. The molecule has 0 aliphatic carbocycles. The van der Waals surface area contributed by atoms with Crippen LogP contribution in [0.5, 0.6) is 0 Å². The van der Waals surface area contributed by atoms with Crippen LogP contribution in [0.3, 0.4) is 0 Å². The SMILES string of the molecule is CN=C(NCc1ccc(N2CCCCC2=O)cc1)NCC(C)C. The van der Waals surface area contributed by atoms with Crippen molar-refractivity contribution in [1.29, 1.82) is 0 Å². The largest absolute Gasteiger partial charge is 0.356 e. The molecular weight excluding hydrogens is 288 g/mol. The topological polar surface area (TPSA) is 56.7 Å². The fraction of sp³-hybridized carbons (Fsp3) is 0.556. The number of hydrogen-bond acceptors (Lipinski definition) is 2. The summed E-state index contributed by atoms with van der Waals surface area (Å²) in [6.45, 7) is 6.78. The molecule has 5 nitrogen and oxygen atoms in total. The van der Waals surface area contributed by atoms with E-state index in [1.807, 2.05) is 17.0 Å². The van der Waals surface area contributed by atoms with E-state index < -0.39 is 0 Å². The molecule has 1 aliphatic rings. The van der Waals surface area contributed by atoms with E-state index >= 15 is 0 Å². The molecule has 126 valence electrons. The van der Waals surface area contributed by atoms with E-state index in [1.54, 1.807) is 7.05 Å². The number of guanidine groups is 1. The molecule has 1 aromatic carbocycles. The van der Waals surface area contributed by atoms with E-state index in [-0.39, 0.29) is 5.91 Å². The van der Waals surface area contributed by atoms with E-state index in [0.717, 1.165) is 37.6 Å². The highest BCUT2D eigenvalue weighted by Gasteiger charge is 2.19. The lowest BCUT2D eigenvalue weighted by molar-refractivity contribution is -0.119. The summed E-state index contributed by atoms with van der Waals surface area (Å²) in [4.78, 5) is 18.1. The van der Waals surface area contributed by atoms with E-state index in [0.29, 0.717) is 18.9 Å². The molecule has 0 atom stereocenters. The van der Waals surface area contributed by atoms with E-state index in [2.05, 4.69) is 41.6 Å². The van der Waals surface area contributed by atoms with Gasteiger partial charge in [0.05, 0.1) is 0 Å². The van der Waals surface area contributed by atoms with Crippen LogP contribution in [0.25, 0.3) is 0 Å². The van der Waals surface area contributed by atoms with Crippen LogP contribution in [0, 0.1) is 5.92 Å². The average molecular weight is 316 g/mol. The first-order chi connectivity index (χ1) is 11.1.